The van der Waals surface area contributed by atoms with E-state index in [0.717, 1.165) is 11.3 Å². The molecule has 0 aliphatic rings. The van der Waals surface area contributed by atoms with Gasteiger partial charge in [0.05, 0.1) is 20.6 Å². The predicted octanol–water partition coefficient (Wildman–Crippen LogP) is 1.33. The third kappa shape index (κ3) is 2.89. The zero-order valence-electron chi connectivity index (χ0n) is 10.1. The topological polar surface area (TPSA) is 38.8 Å². The monoisotopic (exact) mass is 223 g/mol. The Morgan fingerprint density at radius 2 is 1.94 bits per heavy atom. The second kappa shape index (κ2) is 5.39. The van der Waals surface area contributed by atoms with Crippen LogP contribution in [0.5, 0.6) is 11.5 Å². The smallest absolute Gasteiger partial charge is 0.226 e. The summed E-state index contributed by atoms with van der Waals surface area (Å²) in [6.07, 6.45) is 0.333. The maximum absolute atomic E-state index is 11.6. The van der Waals surface area contributed by atoms with E-state index in [1.807, 2.05) is 12.1 Å². The molecule has 4 heteroatoms. The first-order valence-corrected chi connectivity index (χ1v) is 4.99. The van der Waals surface area contributed by atoms with E-state index in [0.29, 0.717) is 12.2 Å². The molecule has 88 valence electrons. The van der Waals surface area contributed by atoms with Crippen LogP contribution in [-0.4, -0.2) is 39.1 Å². The summed E-state index contributed by atoms with van der Waals surface area (Å²) >= 11 is 0. The number of carbonyl (C=O) groups is 1. The van der Waals surface area contributed by atoms with Gasteiger partial charge in [-0.15, -0.1) is 0 Å². The number of hydrogen-bond donors (Lipinski definition) is 0. The third-order valence-corrected chi connectivity index (χ3v) is 2.33. The highest BCUT2D eigenvalue weighted by atomic mass is 16.5. The number of ether oxygens (including phenoxy) is 2. The molecule has 1 rings (SSSR count). The van der Waals surface area contributed by atoms with Crippen LogP contribution in [0.3, 0.4) is 0 Å². The molecule has 4 nitrogen and oxygen atoms in total. The van der Waals surface area contributed by atoms with Crippen LogP contribution >= 0.6 is 0 Å². The minimum Gasteiger partial charge on any atom is -0.497 e. The average molecular weight is 223 g/mol. The molecule has 0 N–H and O–H groups in total. The fraction of sp³-hybridized carbons (Fsp3) is 0.417. The normalized spacial score (nSPS) is 9.75. The molecule has 0 saturated carbocycles. The van der Waals surface area contributed by atoms with Crippen LogP contribution in [0.4, 0.5) is 0 Å². The summed E-state index contributed by atoms with van der Waals surface area (Å²) in [4.78, 5) is 13.1. The SMILES string of the molecule is COc1ccc(CC(=O)N(C)C)c(OC)c1. The first kappa shape index (κ1) is 12.4. The number of methoxy groups -OCH3 is 2. The third-order valence-electron chi connectivity index (χ3n) is 2.33. The molecule has 0 fully saturated rings. The Labute approximate surface area is 95.8 Å². The first-order chi connectivity index (χ1) is 7.58. The van der Waals surface area contributed by atoms with E-state index >= 15 is 0 Å². The van der Waals surface area contributed by atoms with Crippen molar-refractivity contribution in [1.29, 1.82) is 0 Å². The Morgan fingerprint density at radius 1 is 1.25 bits per heavy atom. The lowest BCUT2D eigenvalue weighted by Crippen LogP contribution is -2.23. The molecule has 0 bridgehead atoms. The summed E-state index contributed by atoms with van der Waals surface area (Å²) in [7, 11) is 6.65. The number of benzene rings is 1. The molecule has 0 aromatic heterocycles. The van der Waals surface area contributed by atoms with Crippen molar-refractivity contribution in [1.82, 2.24) is 4.90 Å². The minimum absolute atomic E-state index is 0.0449. The molecule has 1 aromatic carbocycles. The van der Waals surface area contributed by atoms with Gasteiger partial charge in [-0.2, -0.15) is 0 Å². The zero-order chi connectivity index (χ0) is 12.1. The largest absolute Gasteiger partial charge is 0.497 e. The van der Waals surface area contributed by atoms with Crippen LogP contribution in [0.25, 0.3) is 0 Å². The van der Waals surface area contributed by atoms with Crippen molar-refractivity contribution in [2.45, 2.75) is 6.42 Å². The second-order valence-electron chi connectivity index (χ2n) is 3.64. The minimum atomic E-state index is 0.0449. The first-order valence-electron chi connectivity index (χ1n) is 4.99. The molecule has 0 spiro atoms. The van der Waals surface area contributed by atoms with Gasteiger partial charge in [0.2, 0.25) is 5.91 Å². The van der Waals surface area contributed by atoms with E-state index in [9.17, 15) is 4.79 Å². The predicted molar refractivity (Wildman–Crippen MR) is 61.9 cm³/mol. The lowest BCUT2D eigenvalue weighted by atomic mass is 10.1. The maximum Gasteiger partial charge on any atom is 0.226 e. The van der Waals surface area contributed by atoms with E-state index in [4.69, 9.17) is 9.47 Å². The summed E-state index contributed by atoms with van der Waals surface area (Å²) < 4.78 is 10.3. The van der Waals surface area contributed by atoms with Gasteiger partial charge in [-0.1, -0.05) is 6.07 Å². The quantitative estimate of drug-likeness (QED) is 0.773. The van der Waals surface area contributed by atoms with Crippen LogP contribution < -0.4 is 9.47 Å². The van der Waals surface area contributed by atoms with Gasteiger partial charge in [0.1, 0.15) is 11.5 Å². The fourth-order valence-corrected chi connectivity index (χ4v) is 1.32. The fourth-order valence-electron chi connectivity index (χ4n) is 1.32. The molecular weight excluding hydrogens is 206 g/mol. The lowest BCUT2D eigenvalue weighted by Gasteiger charge is -2.13. The van der Waals surface area contributed by atoms with Gasteiger partial charge in [-0.05, 0) is 6.07 Å². The van der Waals surface area contributed by atoms with Crippen LogP contribution in [0.1, 0.15) is 5.56 Å². The number of amides is 1. The molecule has 0 saturated heterocycles. The highest BCUT2D eigenvalue weighted by Gasteiger charge is 2.11. The molecule has 0 heterocycles. The number of hydrogen-bond acceptors (Lipinski definition) is 3. The number of nitrogens with zero attached hydrogens (tertiary/aromatic N) is 1. The Balaban J connectivity index is 2.91. The molecule has 1 aromatic rings. The Morgan fingerprint density at radius 3 is 2.44 bits per heavy atom. The van der Waals surface area contributed by atoms with Crippen LogP contribution in [0.15, 0.2) is 18.2 Å². The van der Waals surface area contributed by atoms with Crippen molar-refractivity contribution in [3.8, 4) is 11.5 Å². The molecule has 1 amide bonds. The van der Waals surface area contributed by atoms with E-state index < -0.39 is 0 Å². The number of likely N-dealkylation sites (N-methyl/N-ethyl adjacent to an activating group) is 1. The number of rotatable bonds is 4. The summed E-state index contributed by atoms with van der Waals surface area (Å²) in [6, 6.07) is 5.44. The lowest BCUT2D eigenvalue weighted by molar-refractivity contribution is -0.127. The average Bonchev–Trinajstić information content (AvgIpc) is 2.29. The highest BCUT2D eigenvalue weighted by Crippen LogP contribution is 2.25. The summed E-state index contributed by atoms with van der Waals surface area (Å²) in [5.74, 6) is 1.44. The summed E-state index contributed by atoms with van der Waals surface area (Å²) in [5, 5.41) is 0. The van der Waals surface area contributed by atoms with E-state index in [-0.39, 0.29) is 5.91 Å². The molecular formula is C12H17NO3. The maximum atomic E-state index is 11.6. The van der Waals surface area contributed by atoms with Gasteiger partial charge >= 0.3 is 0 Å². The van der Waals surface area contributed by atoms with Crippen LogP contribution in [0, 0.1) is 0 Å². The van der Waals surface area contributed by atoms with Gasteiger partial charge in [0, 0.05) is 25.7 Å². The van der Waals surface area contributed by atoms with Gasteiger partial charge in [0.15, 0.2) is 0 Å². The summed E-state index contributed by atoms with van der Waals surface area (Å²) in [6.45, 7) is 0. The van der Waals surface area contributed by atoms with Gasteiger partial charge in [0.25, 0.3) is 0 Å². The Bertz CT molecular complexity index is 375. The molecule has 0 radical (unpaired) electrons. The molecule has 0 aliphatic carbocycles. The van der Waals surface area contributed by atoms with Crippen molar-refractivity contribution in [2.24, 2.45) is 0 Å². The molecule has 16 heavy (non-hydrogen) atoms. The Hall–Kier alpha value is -1.71. The molecule has 0 atom stereocenters. The van der Waals surface area contributed by atoms with Gasteiger partial charge in [-0.25, -0.2) is 0 Å². The standard InChI is InChI=1S/C12H17NO3/c1-13(2)12(14)7-9-5-6-10(15-3)8-11(9)16-4/h5-6,8H,7H2,1-4H3. The van der Waals surface area contributed by atoms with E-state index in [2.05, 4.69) is 0 Å². The molecule has 0 aliphatic heterocycles. The Kier molecular flexibility index (Phi) is 4.17. The van der Waals surface area contributed by atoms with Crippen LogP contribution in [-0.2, 0) is 11.2 Å². The van der Waals surface area contributed by atoms with Crippen molar-refractivity contribution in [3.63, 3.8) is 0 Å². The van der Waals surface area contributed by atoms with Crippen molar-refractivity contribution < 1.29 is 14.3 Å². The number of carbonyl (C=O) groups excluding carboxylic acids is 1. The highest BCUT2D eigenvalue weighted by molar-refractivity contribution is 5.79. The van der Waals surface area contributed by atoms with Crippen molar-refractivity contribution >= 4 is 5.91 Å². The van der Waals surface area contributed by atoms with Crippen molar-refractivity contribution in [2.75, 3.05) is 28.3 Å². The summed E-state index contributed by atoms with van der Waals surface area (Å²) in [5.41, 5.74) is 0.863. The van der Waals surface area contributed by atoms with Crippen molar-refractivity contribution in [3.05, 3.63) is 23.8 Å². The van der Waals surface area contributed by atoms with E-state index in [1.165, 1.54) is 0 Å². The molecule has 0 unspecified atom stereocenters. The second-order valence-corrected chi connectivity index (χ2v) is 3.64. The van der Waals surface area contributed by atoms with Gasteiger partial charge < -0.3 is 14.4 Å². The van der Waals surface area contributed by atoms with E-state index in [1.54, 1.807) is 39.3 Å². The zero-order valence-corrected chi connectivity index (χ0v) is 10.1. The van der Waals surface area contributed by atoms with Gasteiger partial charge in [-0.3, -0.25) is 4.79 Å². The van der Waals surface area contributed by atoms with Crippen LogP contribution in [0.2, 0.25) is 0 Å².